The number of carbonyl (C=O) groups excluding carboxylic acids is 1. The fourth-order valence-electron chi connectivity index (χ4n) is 1.13. The fraction of sp³-hybridized carbons (Fsp3) is 0.300. The van der Waals surface area contributed by atoms with Crippen molar-refractivity contribution in [3.8, 4) is 0 Å². The van der Waals surface area contributed by atoms with Crippen LogP contribution in [-0.2, 0) is 0 Å². The number of ketones is 1. The molecule has 0 spiro atoms. The van der Waals surface area contributed by atoms with Crippen LogP contribution < -0.4 is 5.73 Å². The highest BCUT2D eigenvalue weighted by Gasteiger charge is 2.08. The molecule has 0 aliphatic heterocycles. The monoisotopic (exact) mass is 241 g/mol. The van der Waals surface area contributed by atoms with Gasteiger partial charge >= 0.3 is 0 Å². The molecule has 0 saturated carbocycles. The van der Waals surface area contributed by atoms with Gasteiger partial charge in [-0.2, -0.15) is 0 Å². The third kappa shape index (κ3) is 2.56. The summed E-state index contributed by atoms with van der Waals surface area (Å²) < 4.78 is 0. The van der Waals surface area contributed by atoms with Crippen molar-refractivity contribution < 1.29 is 4.79 Å². The zero-order chi connectivity index (χ0) is 9.84. The summed E-state index contributed by atoms with van der Waals surface area (Å²) in [7, 11) is 0. The number of anilines is 1. The smallest absolute Gasteiger partial charge is 0.165 e. The standard InChI is InChI=1S/C10H12BrNO/c1-7-2-3-9(12)8(6-7)10(13)4-5-11/h2-3,6H,4-5,12H2,1H3. The Morgan fingerprint density at radius 1 is 1.54 bits per heavy atom. The molecule has 0 atom stereocenters. The highest BCUT2D eigenvalue weighted by atomic mass is 79.9. The lowest BCUT2D eigenvalue weighted by Gasteiger charge is -2.04. The van der Waals surface area contributed by atoms with E-state index in [9.17, 15) is 4.79 Å². The van der Waals surface area contributed by atoms with Gasteiger partial charge in [-0.25, -0.2) is 0 Å². The van der Waals surface area contributed by atoms with Crippen LogP contribution in [0.3, 0.4) is 0 Å². The summed E-state index contributed by atoms with van der Waals surface area (Å²) in [6.07, 6.45) is 0.494. The van der Waals surface area contributed by atoms with E-state index in [0.29, 0.717) is 23.0 Å². The van der Waals surface area contributed by atoms with E-state index < -0.39 is 0 Å². The maximum atomic E-state index is 11.5. The van der Waals surface area contributed by atoms with Crippen molar-refractivity contribution in [2.75, 3.05) is 11.1 Å². The Bertz CT molecular complexity index is 323. The number of benzene rings is 1. The van der Waals surface area contributed by atoms with Gasteiger partial charge in [-0.1, -0.05) is 27.6 Å². The molecular weight excluding hydrogens is 230 g/mol. The van der Waals surface area contributed by atoms with E-state index >= 15 is 0 Å². The normalized spacial score (nSPS) is 10.0. The van der Waals surface area contributed by atoms with Crippen LogP contribution >= 0.6 is 15.9 Å². The molecule has 0 heterocycles. The van der Waals surface area contributed by atoms with Crippen molar-refractivity contribution in [3.05, 3.63) is 29.3 Å². The second-order valence-corrected chi connectivity index (χ2v) is 3.75. The van der Waals surface area contributed by atoms with Crippen LogP contribution in [0.15, 0.2) is 18.2 Å². The SMILES string of the molecule is Cc1ccc(N)c(C(=O)CCBr)c1. The average Bonchev–Trinajstić information content (AvgIpc) is 2.09. The van der Waals surface area contributed by atoms with E-state index in [1.165, 1.54) is 0 Å². The Kier molecular flexibility index (Phi) is 3.48. The van der Waals surface area contributed by atoms with Crippen molar-refractivity contribution in [1.29, 1.82) is 0 Å². The topological polar surface area (TPSA) is 43.1 Å². The predicted molar refractivity (Wildman–Crippen MR) is 58.3 cm³/mol. The van der Waals surface area contributed by atoms with Gasteiger partial charge in [0.1, 0.15) is 0 Å². The van der Waals surface area contributed by atoms with Gasteiger partial charge in [0.05, 0.1) is 0 Å². The van der Waals surface area contributed by atoms with Crippen LogP contribution in [0.4, 0.5) is 5.69 Å². The molecule has 0 saturated heterocycles. The molecule has 0 bridgehead atoms. The van der Waals surface area contributed by atoms with E-state index in [-0.39, 0.29) is 5.78 Å². The van der Waals surface area contributed by atoms with Gasteiger partial charge in [-0.3, -0.25) is 4.79 Å². The molecule has 0 aliphatic rings. The molecule has 0 aromatic heterocycles. The van der Waals surface area contributed by atoms with Gasteiger partial charge in [0, 0.05) is 23.0 Å². The quantitative estimate of drug-likeness (QED) is 0.502. The summed E-state index contributed by atoms with van der Waals surface area (Å²) in [4.78, 5) is 11.5. The lowest BCUT2D eigenvalue weighted by atomic mass is 10.0. The van der Waals surface area contributed by atoms with Crippen molar-refractivity contribution in [2.24, 2.45) is 0 Å². The first-order valence-corrected chi connectivity index (χ1v) is 5.22. The lowest BCUT2D eigenvalue weighted by molar-refractivity contribution is 0.0990. The summed E-state index contributed by atoms with van der Waals surface area (Å²) >= 11 is 3.23. The summed E-state index contributed by atoms with van der Waals surface area (Å²) in [5.74, 6) is 0.0954. The summed E-state index contributed by atoms with van der Waals surface area (Å²) in [5, 5.41) is 0.680. The molecule has 1 aromatic rings. The molecule has 0 aliphatic carbocycles. The fourth-order valence-corrected chi connectivity index (χ4v) is 1.49. The van der Waals surface area contributed by atoms with E-state index in [4.69, 9.17) is 5.73 Å². The molecule has 1 aromatic carbocycles. The number of nitrogen functional groups attached to an aromatic ring is 1. The van der Waals surface area contributed by atoms with E-state index in [2.05, 4.69) is 15.9 Å². The minimum absolute atomic E-state index is 0.0954. The molecule has 0 fully saturated rings. The maximum absolute atomic E-state index is 11.5. The Balaban J connectivity index is 2.99. The van der Waals surface area contributed by atoms with Crippen molar-refractivity contribution in [3.63, 3.8) is 0 Å². The number of carbonyl (C=O) groups is 1. The minimum atomic E-state index is 0.0954. The van der Waals surface area contributed by atoms with Crippen molar-refractivity contribution >= 4 is 27.4 Å². The largest absolute Gasteiger partial charge is 0.398 e. The molecule has 2 N–H and O–H groups in total. The first-order valence-electron chi connectivity index (χ1n) is 4.10. The Morgan fingerprint density at radius 2 is 2.23 bits per heavy atom. The third-order valence-corrected chi connectivity index (χ3v) is 2.23. The first kappa shape index (κ1) is 10.3. The van der Waals surface area contributed by atoms with Crippen LogP contribution in [0.25, 0.3) is 0 Å². The number of Topliss-reactive ketones (excluding diaryl/α,β-unsaturated/α-hetero) is 1. The van der Waals surface area contributed by atoms with Gasteiger partial charge in [-0.15, -0.1) is 0 Å². The number of hydrogen-bond donors (Lipinski definition) is 1. The van der Waals surface area contributed by atoms with Crippen molar-refractivity contribution in [1.82, 2.24) is 0 Å². The van der Waals surface area contributed by atoms with Gasteiger partial charge in [0.2, 0.25) is 0 Å². The maximum Gasteiger partial charge on any atom is 0.165 e. The predicted octanol–water partition coefficient (Wildman–Crippen LogP) is 2.54. The van der Waals surface area contributed by atoms with E-state index in [1.807, 2.05) is 19.1 Å². The zero-order valence-corrected chi connectivity index (χ0v) is 9.10. The molecule has 1 rings (SSSR count). The van der Waals surface area contributed by atoms with E-state index in [0.717, 1.165) is 5.56 Å². The number of alkyl halides is 1. The number of rotatable bonds is 3. The first-order chi connectivity index (χ1) is 6.15. The van der Waals surface area contributed by atoms with Gasteiger partial charge in [-0.05, 0) is 19.1 Å². The molecule has 70 valence electrons. The number of halogens is 1. The van der Waals surface area contributed by atoms with Crippen LogP contribution in [-0.4, -0.2) is 11.1 Å². The summed E-state index contributed by atoms with van der Waals surface area (Å²) in [6.45, 7) is 1.95. The lowest BCUT2D eigenvalue weighted by Crippen LogP contribution is -2.04. The second-order valence-electron chi connectivity index (χ2n) is 2.95. The van der Waals surface area contributed by atoms with Crippen LogP contribution in [0, 0.1) is 6.92 Å². The van der Waals surface area contributed by atoms with Gasteiger partial charge in [0.25, 0.3) is 0 Å². The van der Waals surface area contributed by atoms with Gasteiger partial charge < -0.3 is 5.73 Å². The summed E-state index contributed by atoms with van der Waals surface area (Å²) in [6, 6.07) is 5.51. The summed E-state index contributed by atoms with van der Waals surface area (Å²) in [5.41, 5.74) is 7.95. The Morgan fingerprint density at radius 3 is 2.85 bits per heavy atom. The Hall–Kier alpha value is -0.830. The number of nitrogens with two attached hydrogens (primary N) is 1. The minimum Gasteiger partial charge on any atom is -0.398 e. The number of hydrogen-bond acceptors (Lipinski definition) is 2. The molecule has 0 amide bonds. The molecule has 2 nitrogen and oxygen atoms in total. The Labute approximate surface area is 86.3 Å². The zero-order valence-electron chi connectivity index (χ0n) is 7.51. The van der Waals surface area contributed by atoms with Crippen molar-refractivity contribution in [2.45, 2.75) is 13.3 Å². The third-order valence-electron chi connectivity index (χ3n) is 1.83. The van der Waals surface area contributed by atoms with Crippen LogP contribution in [0.1, 0.15) is 22.3 Å². The molecule has 0 radical (unpaired) electrons. The van der Waals surface area contributed by atoms with Crippen LogP contribution in [0.2, 0.25) is 0 Å². The highest BCUT2D eigenvalue weighted by molar-refractivity contribution is 9.09. The van der Waals surface area contributed by atoms with E-state index in [1.54, 1.807) is 6.07 Å². The molecule has 3 heteroatoms. The van der Waals surface area contributed by atoms with Gasteiger partial charge in [0.15, 0.2) is 5.78 Å². The average molecular weight is 242 g/mol. The second kappa shape index (κ2) is 4.42. The molecule has 0 unspecified atom stereocenters. The highest BCUT2D eigenvalue weighted by Crippen LogP contribution is 2.15. The van der Waals surface area contributed by atoms with Crippen LogP contribution in [0.5, 0.6) is 0 Å². The molecular formula is C10H12BrNO. The number of aryl methyl sites for hydroxylation is 1. The molecule has 13 heavy (non-hydrogen) atoms.